The zero-order valence-electron chi connectivity index (χ0n) is 14.6. The standard InChI is InChI=1S/C20H22ClNO4/c1-2-25-20(24)14-18(15-6-4-3-5-7-15)22-19(23)12-13-26-17-10-8-16(21)9-11-17/h3-11,18H,2,12-14H2,1H3,(H,22,23). The number of esters is 1. The molecule has 0 heterocycles. The summed E-state index contributed by atoms with van der Waals surface area (Å²) >= 11 is 5.82. The molecule has 0 saturated carbocycles. The maximum Gasteiger partial charge on any atom is 0.308 e. The molecule has 1 N–H and O–H groups in total. The minimum absolute atomic E-state index is 0.0850. The summed E-state index contributed by atoms with van der Waals surface area (Å²) in [5, 5.41) is 3.50. The molecule has 26 heavy (non-hydrogen) atoms. The Kier molecular flexibility index (Phi) is 7.96. The Bertz CT molecular complexity index is 704. The number of halogens is 1. The van der Waals surface area contributed by atoms with Gasteiger partial charge in [0.1, 0.15) is 5.75 Å². The summed E-state index contributed by atoms with van der Waals surface area (Å²) in [5.74, 6) is 0.101. The van der Waals surface area contributed by atoms with Crippen molar-refractivity contribution in [2.75, 3.05) is 13.2 Å². The summed E-state index contributed by atoms with van der Waals surface area (Å²) in [5.41, 5.74) is 0.854. The SMILES string of the molecule is CCOC(=O)CC(NC(=O)CCOc1ccc(Cl)cc1)c1ccccc1. The molecule has 2 aromatic rings. The molecule has 2 aromatic carbocycles. The molecule has 6 heteroatoms. The number of rotatable bonds is 9. The summed E-state index contributed by atoms with van der Waals surface area (Å²) in [7, 11) is 0. The second-order valence-electron chi connectivity index (χ2n) is 5.59. The van der Waals surface area contributed by atoms with Crippen LogP contribution in [0.4, 0.5) is 0 Å². The van der Waals surface area contributed by atoms with E-state index in [2.05, 4.69) is 5.32 Å². The first kappa shape index (κ1) is 19.8. The van der Waals surface area contributed by atoms with Gasteiger partial charge in [-0.05, 0) is 36.8 Å². The van der Waals surface area contributed by atoms with Crippen LogP contribution in [0.3, 0.4) is 0 Å². The van der Waals surface area contributed by atoms with Crippen LogP contribution in [0.2, 0.25) is 5.02 Å². The van der Waals surface area contributed by atoms with Crippen molar-refractivity contribution in [2.45, 2.75) is 25.8 Å². The summed E-state index contributed by atoms with van der Waals surface area (Å²) < 4.78 is 10.5. The van der Waals surface area contributed by atoms with Gasteiger partial charge in [0, 0.05) is 5.02 Å². The molecule has 138 valence electrons. The highest BCUT2D eigenvalue weighted by Crippen LogP contribution is 2.18. The highest BCUT2D eigenvalue weighted by molar-refractivity contribution is 6.30. The Morgan fingerprint density at radius 2 is 1.77 bits per heavy atom. The fraction of sp³-hybridized carbons (Fsp3) is 0.300. The van der Waals surface area contributed by atoms with Crippen LogP contribution >= 0.6 is 11.6 Å². The maximum absolute atomic E-state index is 12.2. The molecule has 0 saturated heterocycles. The zero-order valence-corrected chi connectivity index (χ0v) is 15.4. The van der Waals surface area contributed by atoms with E-state index in [0.717, 1.165) is 5.56 Å². The molecule has 0 bridgehead atoms. The Balaban J connectivity index is 1.88. The monoisotopic (exact) mass is 375 g/mol. The number of hydrogen-bond donors (Lipinski definition) is 1. The Hall–Kier alpha value is -2.53. The highest BCUT2D eigenvalue weighted by Gasteiger charge is 2.19. The lowest BCUT2D eigenvalue weighted by Crippen LogP contribution is -2.31. The van der Waals surface area contributed by atoms with E-state index in [0.29, 0.717) is 17.4 Å². The first-order valence-corrected chi connectivity index (χ1v) is 8.84. The van der Waals surface area contributed by atoms with Crippen molar-refractivity contribution >= 4 is 23.5 Å². The third-order valence-electron chi connectivity index (χ3n) is 3.62. The van der Waals surface area contributed by atoms with Crippen LogP contribution in [0.25, 0.3) is 0 Å². The van der Waals surface area contributed by atoms with Crippen LogP contribution in [0.5, 0.6) is 5.75 Å². The van der Waals surface area contributed by atoms with Crippen molar-refractivity contribution in [3.05, 3.63) is 65.2 Å². The van der Waals surface area contributed by atoms with Crippen LogP contribution in [0.15, 0.2) is 54.6 Å². The smallest absolute Gasteiger partial charge is 0.308 e. The van der Waals surface area contributed by atoms with E-state index in [4.69, 9.17) is 21.1 Å². The van der Waals surface area contributed by atoms with Gasteiger partial charge < -0.3 is 14.8 Å². The second kappa shape index (κ2) is 10.5. The van der Waals surface area contributed by atoms with E-state index in [1.807, 2.05) is 30.3 Å². The zero-order chi connectivity index (χ0) is 18.8. The molecule has 1 unspecified atom stereocenters. The summed E-state index contributed by atoms with van der Waals surface area (Å²) in [6, 6.07) is 15.9. The summed E-state index contributed by atoms with van der Waals surface area (Å²) in [4.78, 5) is 24.1. The van der Waals surface area contributed by atoms with Gasteiger partial charge in [-0.1, -0.05) is 41.9 Å². The van der Waals surface area contributed by atoms with Crippen LogP contribution in [-0.2, 0) is 14.3 Å². The van der Waals surface area contributed by atoms with Gasteiger partial charge >= 0.3 is 5.97 Å². The Morgan fingerprint density at radius 1 is 1.08 bits per heavy atom. The normalized spacial score (nSPS) is 11.5. The molecule has 0 aliphatic rings. The van der Waals surface area contributed by atoms with Gasteiger partial charge in [0.2, 0.25) is 5.91 Å². The lowest BCUT2D eigenvalue weighted by atomic mass is 10.0. The van der Waals surface area contributed by atoms with Gasteiger partial charge in [-0.25, -0.2) is 0 Å². The Labute approximate surface area is 158 Å². The molecule has 2 rings (SSSR count). The third-order valence-corrected chi connectivity index (χ3v) is 3.88. The van der Waals surface area contributed by atoms with E-state index < -0.39 is 6.04 Å². The molecule has 0 aromatic heterocycles. The molecular weight excluding hydrogens is 354 g/mol. The van der Waals surface area contributed by atoms with E-state index in [-0.39, 0.29) is 31.3 Å². The van der Waals surface area contributed by atoms with Gasteiger partial charge in [0.15, 0.2) is 0 Å². The Morgan fingerprint density at radius 3 is 2.42 bits per heavy atom. The number of nitrogens with one attached hydrogen (secondary N) is 1. The van der Waals surface area contributed by atoms with Crippen LogP contribution in [-0.4, -0.2) is 25.1 Å². The lowest BCUT2D eigenvalue weighted by Gasteiger charge is -2.18. The van der Waals surface area contributed by atoms with Crippen LogP contribution in [0.1, 0.15) is 31.4 Å². The van der Waals surface area contributed by atoms with Crippen molar-refractivity contribution < 1.29 is 19.1 Å². The van der Waals surface area contributed by atoms with E-state index in [1.54, 1.807) is 31.2 Å². The molecule has 0 radical (unpaired) electrons. The highest BCUT2D eigenvalue weighted by atomic mass is 35.5. The van der Waals surface area contributed by atoms with Gasteiger partial charge in [0.05, 0.1) is 32.1 Å². The van der Waals surface area contributed by atoms with Crippen molar-refractivity contribution in [3.63, 3.8) is 0 Å². The lowest BCUT2D eigenvalue weighted by molar-refractivity contribution is -0.143. The van der Waals surface area contributed by atoms with E-state index in [9.17, 15) is 9.59 Å². The molecule has 5 nitrogen and oxygen atoms in total. The fourth-order valence-electron chi connectivity index (χ4n) is 2.38. The largest absolute Gasteiger partial charge is 0.493 e. The van der Waals surface area contributed by atoms with E-state index >= 15 is 0 Å². The number of ether oxygens (including phenoxy) is 2. The maximum atomic E-state index is 12.2. The van der Waals surface area contributed by atoms with Gasteiger partial charge in [-0.2, -0.15) is 0 Å². The second-order valence-corrected chi connectivity index (χ2v) is 6.03. The van der Waals surface area contributed by atoms with Crippen molar-refractivity contribution in [1.29, 1.82) is 0 Å². The third kappa shape index (κ3) is 6.76. The molecule has 0 aliphatic heterocycles. The summed E-state index contributed by atoms with van der Waals surface area (Å²) in [6.45, 7) is 2.29. The van der Waals surface area contributed by atoms with E-state index in [1.165, 1.54) is 0 Å². The molecule has 0 fully saturated rings. The van der Waals surface area contributed by atoms with Gasteiger partial charge in [-0.3, -0.25) is 9.59 Å². The van der Waals surface area contributed by atoms with Crippen molar-refractivity contribution in [2.24, 2.45) is 0 Å². The number of carbonyl (C=O) groups is 2. The molecule has 1 amide bonds. The number of carbonyl (C=O) groups excluding carboxylic acids is 2. The first-order chi connectivity index (χ1) is 12.6. The van der Waals surface area contributed by atoms with Crippen molar-refractivity contribution in [1.82, 2.24) is 5.32 Å². The average Bonchev–Trinajstić information content (AvgIpc) is 2.64. The number of hydrogen-bond acceptors (Lipinski definition) is 4. The molecule has 1 atom stereocenters. The average molecular weight is 376 g/mol. The fourth-order valence-corrected chi connectivity index (χ4v) is 2.51. The number of benzene rings is 2. The van der Waals surface area contributed by atoms with Crippen LogP contribution in [0, 0.1) is 0 Å². The molecular formula is C20H22ClNO4. The van der Waals surface area contributed by atoms with Crippen LogP contribution < -0.4 is 10.1 Å². The van der Waals surface area contributed by atoms with Gasteiger partial charge in [-0.15, -0.1) is 0 Å². The minimum Gasteiger partial charge on any atom is -0.493 e. The molecule has 0 aliphatic carbocycles. The molecule has 0 spiro atoms. The first-order valence-electron chi connectivity index (χ1n) is 8.46. The minimum atomic E-state index is -0.432. The summed E-state index contributed by atoms with van der Waals surface area (Å²) in [6.07, 6.45) is 0.260. The van der Waals surface area contributed by atoms with Gasteiger partial charge in [0.25, 0.3) is 0 Å². The van der Waals surface area contributed by atoms with Crippen molar-refractivity contribution in [3.8, 4) is 5.75 Å². The predicted molar refractivity (Wildman–Crippen MR) is 100 cm³/mol. The quantitative estimate of drug-likeness (QED) is 0.675. The number of amides is 1. The predicted octanol–water partition coefficient (Wildman–Crippen LogP) is 3.92. The topological polar surface area (TPSA) is 64.6 Å².